The third-order valence-corrected chi connectivity index (χ3v) is 8.02. The maximum Gasteiger partial charge on any atom is 0.237 e. The van der Waals surface area contributed by atoms with Gasteiger partial charge in [0.15, 0.2) is 11.6 Å². The Balaban J connectivity index is 1.19. The second-order valence-electron chi connectivity index (χ2n) is 10.2. The molecule has 30 heavy (non-hydrogen) atoms. The van der Waals surface area contributed by atoms with Crippen molar-refractivity contribution in [3.63, 3.8) is 0 Å². The molecule has 164 valence electrons. The molecule has 5 aliphatic rings. The highest BCUT2D eigenvalue weighted by Gasteiger charge is 2.55. The van der Waals surface area contributed by atoms with Gasteiger partial charge in [0.05, 0.1) is 11.6 Å². The van der Waals surface area contributed by atoms with Crippen LogP contribution in [0.25, 0.3) is 0 Å². The molecular weight excluding hydrogens is 383 g/mol. The highest BCUT2D eigenvalue weighted by Crippen LogP contribution is 2.55. The van der Waals surface area contributed by atoms with E-state index in [1.807, 2.05) is 6.92 Å². The second kappa shape index (κ2) is 7.79. The Morgan fingerprint density at radius 2 is 2.00 bits per heavy atom. The van der Waals surface area contributed by atoms with Crippen molar-refractivity contribution in [1.29, 1.82) is 0 Å². The number of likely N-dealkylation sites (tertiary alicyclic amines) is 1. The van der Waals surface area contributed by atoms with E-state index >= 15 is 0 Å². The number of para-hydroxylation sites is 1. The van der Waals surface area contributed by atoms with Crippen molar-refractivity contribution in [3.05, 3.63) is 30.1 Å². The SMILES string of the molecule is CC(C(=O)NC1C2CC3CC1CC(O)(C3)C2)N1CCCC(Oc2ccccc2F)C1. The van der Waals surface area contributed by atoms with E-state index in [1.54, 1.807) is 18.2 Å². The largest absolute Gasteiger partial charge is 0.486 e. The van der Waals surface area contributed by atoms with E-state index in [0.29, 0.717) is 24.3 Å². The van der Waals surface area contributed by atoms with Gasteiger partial charge in [0.25, 0.3) is 0 Å². The first-order valence-electron chi connectivity index (χ1n) is 11.6. The molecular formula is C24H33FN2O3. The van der Waals surface area contributed by atoms with E-state index in [9.17, 15) is 14.3 Å². The van der Waals surface area contributed by atoms with Crippen LogP contribution >= 0.6 is 0 Å². The van der Waals surface area contributed by atoms with E-state index in [-0.39, 0.29) is 35.7 Å². The lowest BCUT2D eigenvalue weighted by atomic mass is 9.52. The molecule has 1 heterocycles. The van der Waals surface area contributed by atoms with Crippen molar-refractivity contribution < 1.29 is 19.0 Å². The number of carbonyl (C=O) groups is 1. The fraction of sp³-hybridized carbons (Fsp3) is 0.708. The number of amides is 1. The standard InChI is InChI=1S/C24H33FN2O3/c1-15(27-8-4-5-19(14-27)30-21-7-3-2-6-20(21)25)23(28)26-22-17-9-16-10-18(22)13-24(29,11-16)12-17/h2-3,6-7,15-19,22,29H,4-5,8-14H2,1H3,(H,26,28). The summed E-state index contributed by atoms with van der Waals surface area (Å²) in [5, 5.41) is 14.1. The molecule has 4 aliphatic carbocycles. The molecule has 5 fully saturated rings. The molecule has 4 saturated carbocycles. The molecule has 6 rings (SSSR count). The molecule has 2 N–H and O–H groups in total. The highest BCUT2D eigenvalue weighted by molar-refractivity contribution is 5.81. The van der Waals surface area contributed by atoms with Crippen molar-refractivity contribution in [3.8, 4) is 5.75 Å². The molecule has 5 nitrogen and oxygen atoms in total. The van der Waals surface area contributed by atoms with E-state index in [0.717, 1.165) is 51.5 Å². The predicted octanol–water partition coefficient (Wildman–Crippen LogP) is 3.11. The zero-order valence-electron chi connectivity index (χ0n) is 17.7. The molecule has 1 aromatic carbocycles. The molecule has 6 heteroatoms. The summed E-state index contributed by atoms with van der Waals surface area (Å²) >= 11 is 0. The van der Waals surface area contributed by atoms with Crippen molar-refractivity contribution in [2.45, 2.75) is 75.7 Å². The third kappa shape index (κ3) is 3.84. The van der Waals surface area contributed by atoms with Crippen LogP contribution in [0.15, 0.2) is 24.3 Å². The minimum absolute atomic E-state index is 0.0750. The van der Waals surface area contributed by atoms with Crippen LogP contribution in [0.3, 0.4) is 0 Å². The Labute approximate surface area is 178 Å². The monoisotopic (exact) mass is 416 g/mol. The van der Waals surface area contributed by atoms with Crippen LogP contribution in [0.4, 0.5) is 4.39 Å². The summed E-state index contributed by atoms with van der Waals surface area (Å²) in [6, 6.07) is 6.46. The lowest BCUT2D eigenvalue weighted by molar-refractivity contribution is -0.149. The van der Waals surface area contributed by atoms with Gasteiger partial charge >= 0.3 is 0 Å². The first-order valence-corrected chi connectivity index (χ1v) is 11.6. The van der Waals surface area contributed by atoms with Gasteiger partial charge in [-0.15, -0.1) is 0 Å². The minimum atomic E-state index is -0.479. The maximum atomic E-state index is 13.9. The highest BCUT2D eigenvalue weighted by atomic mass is 19.1. The number of hydrogen-bond acceptors (Lipinski definition) is 4. The number of benzene rings is 1. The molecule has 1 aliphatic heterocycles. The number of ether oxygens (including phenoxy) is 1. The Bertz CT molecular complexity index is 786. The smallest absolute Gasteiger partial charge is 0.237 e. The van der Waals surface area contributed by atoms with Gasteiger partial charge in [-0.2, -0.15) is 0 Å². The van der Waals surface area contributed by atoms with Gasteiger partial charge in [-0.3, -0.25) is 9.69 Å². The number of aliphatic hydroxyl groups is 1. The van der Waals surface area contributed by atoms with Gasteiger partial charge in [-0.25, -0.2) is 4.39 Å². The summed E-state index contributed by atoms with van der Waals surface area (Å²) < 4.78 is 19.8. The third-order valence-electron chi connectivity index (χ3n) is 8.02. The van der Waals surface area contributed by atoms with Crippen LogP contribution in [-0.4, -0.2) is 52.8 Å². The topological polar surface area (TPSA) is 61.8 Å². The van der Waals surface area contributed by atoms with Gasteiger partial charge < -0.3 is 15.2 Å². The quantitative estimate of drug-likeness (QED) is 0.774. The van der Waals surface area contributed by atoms with Gasteiger partial charge in [0, 0.05) is 12.6 Å². The summed E-state index contributed by atoms with van der Waals surface area (Å²) in [5.74, 6) is 1.48. The first kappa shape index (κ1) is 20.3. The average Bonchev–Trinajstić information content (AvgIpc) is 2.71. The Morgan fingerprint density at radius 3 is 2.70 bits per heavy atom. The van der Waals surface area contributed by atoms with E-state index in [2.05, 4.69) is 10.2 Å². The van der Waals surface area contributed by atoms with Crippen LogP contribution in [0.2, 0.25) is 0 Å². The maximum absolute atomic E-state index is 13.9. The van der Waals surface area contributed by atoms with E-state index in [4.69, 9.17) is 4.74 Å². The number of halogens is 1. The number of carbonyl (C=O) groups excluding carboxylic acids is 1. The summed E-state index contributed by atoms with van der Waals surface area (Å²) in [6.45, 7) is 3.44. The first-order chi connectivity index (χ1) is 14.4. The average molecular weight is 417 g/mol. The molecule has 0 spiro atoms. The number of nitrogens with zero attached hydrogens (tertiary/aromatic N) is 1. The molecule has 4 atom stereocenters. The van der Waals surface area contributed by atoms with Gasteiger partial charge in [0.2, 0.25) is 5.91 Å². The Hall–Kier alpha value is -1.66. The fourth-order valence-corrected chi connectivity index (χ4v) is 6.80. The van der Waals surface area contributed by atoms with Crippen molar-refractivity contribution >= 4 is 5.91 Å². The normalized spacial score (nSPS) is 39.0. The summed E-state index contributed by atoms with van der Waals surface area (Å²) in [7, 11) is 0. The number of nitrogens with one attached hydrogen (secondary N) is 1. The number of hydrogen-bond donors (Lipinski definition) is 2. The van der Waals surface area contributed by atoms with Gasteiger partial charge in [-0.1, -0.05) is 12.1 Å². The molecule has 4 bridgehead atoms. The molecule has 1 amide bonds. The van der Waals surface area contributed by atoms with Crippen LogP contribution < -0.4 is 10.1 Å². The fourth-order valence-electron chi connectivity index (χ4n) is 6.80. The summed E-state index contributed by atoms with van der Waals surface area (Å²) in [4.78, 5) is 15.3. The Morgan fingerprint density at radius 1 is 1.27 bits per heavy atom. The summed E-state index contributed by atoms with van der Waals surface area (Å²) in [5.41, 5.74) is -0.479. The van der Waals surface area contributed by atoms with Crippen molar-refractivity contribution in [1.82, 2.24) is 10.2 Å². The minimum Gasteiger partial charge on any atom is -0.486 e. The zero-order valence-corrected chi connectivity index (χ0v) is 17.7. The van der Waals surface area contributed by atoms with Crippen LogP contribution in [0.1, 0.15) is 51.9 Å². The van der Waals surface area contributed by atoms with E-state index in [1.165, 1.54) is 6.07 Å². The van der Waals surface area contributed by atoms with Crippen LogP contribution in [0, 0.1) is 23.6 Å². The van der Waals surface area contributed by atoms with E-state index < -0.39 is 5.60 Å². The molecule has 1 aromatic rings. The zero-order chi connectivity index (χ0) is 20.9. The molecule has 0 aromatic heterocycles. The second-order valence-corrected chi connectivity index (χ2v) is 10.2. The molecule has 1 saturated heterocycles. The van der Waals surface area contributed by atoms with Crippen molar-refractivity contribution in [2.24, 2.45) is 17.8 Å². The Kier molecular flexibility index (Phi) is 5.26. The number of rotatable bonds is 5. The van der Waals surface area contributed by atoms with Gasteiger partial charge in [-0.05, 0) is 88.3 Å². The summed E-state index contributed by atoms with van der Waals surface area (Å²) in [6.07, 6.45) is 6.59. The predicted molar refractivity (Wildman–Crippen MR) is 112 cm³/mol. The van der Waals surface area contributed by atoms with Crippen molar-refractivity contribution in [2.75, 3.05) is 13.1 Å². The lowest BCUT2D eigenvalue weighted by Crippen LogP contribution is -2.63. The molecule has 4 unspecified atom stereocenters. The molecule has 0 radical (unpaired) electrons. The van der Waals surface area contributed by atoms with Crippen LogP contribution in [0.5, 0.6) is 5.75 Å². The van der Waals surface area contributed by atoms with Gasteiger partial charge in [0.1, 0.15) is 6.10 Å². The number of piperidine rings is 1. The lowest BCUT2D eigenvalue weighted by Gasteiger charge is -2.58. The van der Waals surface area contributed by atoms with Crippen LogP contribution in [-0.2, 0) is 4.79 Å².